The summed E-state index contributed by atoms with van der Waals surface area (Å²) in [5.74, 6) is -2.80. The number of methoxy groups -OCH3 is 1. The molecule has 0 aliphatic carbocycles. The zero-order valence-electron chi connectivity index (χ0n) is 11.5. The summed E-state index contributed by atoms with van der Waals surface area (Å²) in [6.45, 7) is 3.51. The van der Waals surface area contributed by atoms with E-state index < -0.39 is 17.5 Å². The van der Waals surface area contributed by atoms with Gasteiger partial charge in [0, 0.05) is 12.8 Å². The third-order valence-corrected chi connectivity index (χ3v) is 3.94. The van der Waals surface area contributed by atoms with Gasteiger partial charge in [0.1, 0.15) is 17.1 Å². The smallest absolute Gasteiger partial charge is 0.338 e. The number of rotatable bonds is 3. The number of carbonyl (C=O) groups excluding carboxylic acids is 1. The van der Waals surface area contributed by atoms with E-state index in [0.29, 0.717) is 29.0 Å². The molecule has 2 heterocycles. The van der Waals surface area contributed by atoms with Crippen molar-refractivity contribution in [1.82, 2.24) is 0 Å². The fourth-order valence-electron chi connectivity index (χ4n) is 2.70. The first-order valence-corrected chi connectivity index (χ1v) is 6.53. The molecule has 0 spiro atoms. The van der Waals surface area contributed by atoms with Crippen LogP contribution in [0.15, 0.2) is 6.07 Å². The molecule has 108 valence electrons. The van der Waals surface area contributed by atoms with E-state index in [2.05, 4.69) is 0 Å². The SMILES string of the molecule is CCC1(O)Oc2cc(C(=O)OC)c3c(c21)OC3(O)CC. The normalized spacial score (nSPS) is 29.1. The highest BCUT2D eigenvalue weighted by molar-refractivity contribution is 5.94. The van der Waals surface area contributed by atoms with Crippen molar-refractivity contribution in [2.24, 2.45) is 0 Å². The first kappa shape index (κ1) is 13.2. The maximum Gasteiger partial charge on any atom is 0.338 e. The van der Waals surface area contributed by atoms with Crippen LogP contribution in [-0.4, -0.2) is 23.3 Å². The Morgan fingerprint density at radius 1 is 1.20 bits per heavy atom. The lowest BCUT2D eigenvalue weighted by Crippen LogP contribution is -2.49. The lowest BCUT2D eigenvalue weighted by Gasteiger charge is -2.48. The average molecular weight is 280 g/mol. The molecule has 1 aromatic rings. The van der Waals surface area contributed by atoms with Gasteiger partial charge in [-0.2, -0.15) is 0 Å². The Balaban J connectivity index is 2.21. The number of fused-ring (bicyclic) bond motifs is 3. The molecule has 2 aliphatic rings. The molecule has 2 aliphatic heterocycles. The predicted molar refractivity (Wildman–Crippen MR) is 67.4 cm³/mol. The molecule has 2 unspecified atom stereocenters. The van der Waals surface area contributed by atoms with Gasteiger partial charge in [0.25, 0.3) is 0 Å². The maximum absolute atomic E-state index is 11.8. The summed E-state index contributed by atoms with van der Waals surface area (Å²) in [6.07, 6.45) is 0.631. The quantitative estimate of drug-likeness (QED) is 0.813. The van der Waals surface area contributed by atoms with Crippen LogP contribution in [0.4, 0.5) is 0 Å². The third-order valence-electron chi connectivity index (χ3n) is 3.94. The standard InChI is InChI=1S/C14H16O6/c1-4-13(16)9-7(12(15)18-3)6-8-10(11(9)20-13)14(17,5-2)19-8/h6,16-17H,4-5H2,1-3H3. The van der Waals surface area contributed by atoms with Gasteiger partial charge in [-0.1, -0.05) is 13.8 Å². The summed E-state index contributed by atoms with van der Waals surface area (Å²) >= 11 is 0. The molecule has 2 N–H and O–H groups in total. The van der Waals surface area contributed by atoms with Crippen LogP contribution in [0.25, 0.3) is 0 Å². The van der Waals surface area contributed by atoms with Crippen LogP contribution in [0, 0.1) is 0 Å². The fraction of sp³-hybridized carbons (Fsp3) is 0.500. The van der Waals surface area contributed by atoms with E-state index in [1.807, 2.05) is 0 Å². The van der Waals surface area contributed by atoms with Crippen molar-refractivity contribution in [3.05, 3.63) is 22.8 Å². The Kier molecular flexibility index (Phi) is 2.55. The zero-order valence-corrected chi connectivity index (χ0v) is 11.5. The number of aliphatic hydroxyl groups is 2. The molecule has 0 amide bonds. The Morgan fingerprint density at radius 2 is 1.80 bits per heavy atom. The van der Waals surface area contributed by atoms with Gasteiger partial charge in [-0.25, -0.2) is 4.79 Å². The molecule has 20 heavy (non-hydrogen) atoms. The van der Waals surface area contributed by atoms with Crippen molar-refractivity contribution < 1.29 is 29.2 Å². The minimum absolute atomic E-state index is 0.204. The highest BCUT2D eigenvalue weighted by Crippen LogP contribution is 2.59. The number of esters is 1. The monoisotopic (exact) mass is 280 g/mol. The molecule has 1 aromatic carbocycles. The number of ether oxygens (including phenoxy) is 3. The van der Waals surface area contributed by atoms with Crippen LogP contribution in [0.2, 0.25) is 0 Å². The molecule has 0 saturated heterocycles. The maximum atomic E-state index is 11.8. The van der Waals surface area contributed by atoms with Crippen LogP contribution in [0.5, 0.6) is 11.5 Å². The van der Waals surface area contributed by atoms with Gasteiger partial charge in [-0.05, 0) is 6.07 Å². The first-order valence-electron chi connectivity index (χ1n) is 6.53. The summed E-state index contributed by atoms with van der Waals surface area (Å²) in [5.41, 5.74) is 1.05. The third kappa shape index (κ3) is 1.38. The highest BCUT2D eigenvalue weighted by atomic mass is 16.7. The topological polar surface area (TPSA) is 85.2 Å². The fourth-order valence-corrected chi connectivity index (χ4v) is 2.70. The van der Waals surface area contributed by atoms with Gasteiger partial charge >= 0.3 is 5.97 Å². The summed E-state index contributed by atoms with van der Waals surface area (Å²) in [7, 11) is 1.27. The van der Waals surface area contributed by atoms with Crippen molar-refractivity contribution in [1.29, 1.82) is 0 Å². The van der Waals surface area contributed by atoms with Gasteiger partial charge in [-0.15, -0.1) is 0 Å². The zero-order chi connectivity index (χ0) is 14.7. The molecule has 6 nitrogen and oxygen atoms in total. The molecule has 2 atom stereocenters. The Labute approximate surface area is 115 Å². The summed E-state index contributed by atoms with van der Waals surface area (Å²) < 4.78 is 15.5. The second-order valence-electron chi connectivity index (χ2n) is 4.97. The van der Waals surface area contributed by atoms with E-state index in [0.717, 1.165) is 0 Å². The van der Waals surface area contributed by atoms with E-state index in [4.69, 9.17) is 14.2 Å². The number of hydrogen-bond acceptors (Lipinski definition) is 6. The molecular weight excluding hydrogens is 264 g/mol. The molecule has 3 rings (SSSR count). The number of benzene rings is 1. The number of carbonyl (C=O) groups is 1. The van der Waals surface area contributed by atoms with Crippen molar-refractivity contribution in [3.63, 3.8) is 0 Å². The second kappa shape index (κ2) is 3.86. The summed E-state index contributed by atoms with van der Waals surface area (Å²) in [6, 6.07) is 1.48. The van der Waals surface area contributed by atoms with Crippen molar-refractivity contribution in [2.45, 2.75) is 38.3 Å². The predicted octanol–water partition coefficient (Wildman–Crippen LogP) is 1.37. The lowest BCUT2D eigenvalue weighted by atomic mass is 9.83. The van der Waals surface area contributed by atoms with E-state index >= 15 is 0 Å². The minimum Gasteiger partial charge on any atom is -0.465 e. The van der Waals surface area contributed by atoms with Gasteiger partial charge in [0.15, 0.2) is 0 Å². The van der Waals surface area contributed by atoms with E-state index in [1.54, 1.807) is 13.8 Å². The molecule has 0 radical (unpaired) electrons. The molecule has 0 aromatic heterocycles. The molecule has 0 bridgehead atoms. The van der Waals surface area contributed by atoms with Crippen molar-refractivity contribution in [2.75, 3.05) is 7.11 Å². The molecule has 6 heteroatoms. The van der Waals surface area contributed by atoms with Gasteiger partial charge < -0.3 is 24.4 Å². The minimum atomic E-state index is -1.52. The Bertz CT molecular complexity index is 610. The van der Waals surface area contributed by atoms with Crippen molar-refractivity contribution in [3.8, 4) is 11.5 Å². The van der Waals surface area contributed by atoms with E-state index in [1.165, 1.54) is 13.2 Å². The largest absolute Gasteiger partial charge is 0.465 e. The van der Waals surface area contributed by atoms with E-state index in [9.17, 15) is 15.0 Å². The van der Waals surface area contributed by atoms with Crippen LogP contribution in [0.3, 0.4) is 0 Å². The van der Waals surface area contributed by atoms with Gasteiger partial charge in [0.05, 0.1) is 18.2 Å². The summed E-state index contributed by atoms with van der Waals surface area (Å²) in [5, 5.41) is 20.6. The van der Waals surface area contributed by atoms with Crippen LogP contribution < -0.4 is 9.47 Å². The van der Waals surface area contributed by atoms with Crippen molar-refractivity contribution >= 4 is 5.97 Å². The molecule has 0 saturated carbocycles. The lowest BCUT2D eigenvalue weighted by molar-refractivity contribution is -0.211. The van der Waals surface area contributed by atoms with E-state index in [-0.39, 0.29) is 12.0 Å². The average Bonchev–Trinajstić information content (AvgIpc) is 2.42. The van der Waals surface area contributed by atoms with Gasteiger partial charge in [0.2, 0.25) is 11.6 Å². The Morgan fingerprint density at radius 3 is 2.35 bits per heavy atom. The van der Waals surface area contributed by atoms with Crippen LogP contribution in [-0.2, 0) is 16.3 Å². The highest BCUT2D eigenvalue weighted by Gasteiger charge is 2.56. The van der Waals surface area contributed by atoms with Crippen LogP contribution in [0.1, 0.15) is 48.2 Å². The number of hydrogen-bond donors (Lipinski definition) is 2. The molecular formula is C14H16O6. The van der Waals surface area contributed by atoms with Crippen LogP contribution >= 0.6 is 0 Å². The second-order valence-corrected chi connectivity index (χ2v) is 4.97. The Hall–Kier alpha value is -1.79. The first-order chi connectivity index (χ1) is 9.40. The van der Waals surface area contributed by atoms with Gasteiger partial charge in [-0.3, -0.25) is 0 Å². The molecule has 0 fully saturated rings. The summed E-state index contributed by atoms with van der Waals surface area (Å²) in [4.78, 5) is 11.8.